The van der Waals surface area contributed by atoms with Crippen LogP contribution in [0.15, 0.2) is 12.4 Å². The highest BCUT2D eigenvalue weighted by molar-refractivity contribution is 14.1. The lowest BCUT2D eigenvalue weighted by Gasteiger charge is -2.33. The molecule has 0 aliphatic rings. The van der Waals surface area contributed by atoms with Gasteiger partial charge in [-0.1, -0.05) is 0 Å². The molecule has 88 valence electrons. The first kappa shape index (κ1) is 13.1. The Morgan fingerprint density at radius 1 is 1.50 bits per heavy atom. The Morgan fingerprint density at radius 2 is 2.06 bits per heavy atom. The van der Waals surface area contributed by atoms with Crippen molar-refractivity contribution in [2.24, 2.45) is 0 Å². The van der Waals surface area contributed by atoms with E-state index in [1.165, 1.54) is 6.20 Å². The van der Waals surface area contributed by atoms with Gasteiger partial charge in [0, 0.05) is 5.54 Å². The number of hydrogen-bond donors (Lipinski definition) is 1. The number of carboxylic acid groups (broad SMARTS) is 1. The number of nitrogens with zero attached hydrogens (tertiary/aromatic N) is 2. The Morgan fingerprint density at radius 3 is 2.50 bits per heavy atom. The smallest absolute Gasteiger partial charge is 0.412 e. The Hall–Kier alpha value is -0.920. The van der Waals surface area contributed by atoms with E-state index in [2.05, 4.69) is 4.98 Å². The molecule has 0 saturated carbocycles. The van der Waals surface area contributed by atoms with E-state index >= 15 is 0 Å². The molecule has 0 unspecified atom stereocenters. The zero-order valence-corrected chi connectivity index (χ0v) is 11.3. The molecule has 0 atom stereocenters. The molecule has 1 amide bonds. The van der Waals surface area contributed by atoms with E-state index in [0.29, 0.717) is 0 Å². The number of halogens is 2. The number of amides is 1. The van der Waals surface area contributed by atoms with Crippen molar-refractivity contribution >= 4 is 34.4 Å². The van der Waals surface area contributed by atoms with Crippen LogP contribution < -0.4 is 4.90 Å². The van der Waals surface area contributed by atoms with Gasteiger partial charge in [-0.25, -0.2) is 9.18 Å². The maximum Gasteiger partial charge on any atom is 0.412 e. The largest absolute Gasteiger partial charge is 0.465 e. The van der Waals surface area contributed by atoms with Gasteiger partial charge in [-0.05, 0) is 43.4 Å². The van der Waals surface area contributed by atoms with Gasteiger partial charge in [0.15, 0.2) is 5.82 Å². The fourth-order valence-electron chi connectivity index (χ4n) is 1.32. The summed E-state index contributed by atoms with van der Waals surface area (Å²) in [5, 5.41) is 9.15. The molecule has 1 heterocycles. The molecule has 1 aromatic heterocycles. The number of hydrogen-bond acceptors (Lipinski definition) is 2. The monoisotopic (exact) mass is 338 g/mol. The molecule has 0 aliphatic carbocycles. The third kappa shape index (κ3) is 2.60. The molecule has 1 N–H and O–H groups in total. The summed E-state index contributed by atoms with van der Waals surface area (Å²) in [5.74, 6) is -0.520. The summed E-state index contributed by atoms with van der Waals surface area (Å²) in [6.45, 7) is 5.21. The Bertz CT molecular complexity index is 418. The number of anilines is 1. The summed E-state index contributed by atoms with van der Waals surface area (Å²) in [4.78, 5) is 16.0. The maximum atomic E-state index is 13.3. The van der Waals surface area contributed by atoms with Crippen molar-refractivity contribution in [3.63, 3.8) is 0 Å². The molecule has 1 rings (SSSR count). The van der Waals surface area contributed by atoms with E-state index in [1.807, 2.05) is 0 Å². The van der Waals surface area contributed by atoms with E-state index in [9.17, 15) is 9.18 Å². The maximum absolute atomic E-state index is 13.3. The molecule has 0 aliphatic heterocycles. The fraction of sp³-hybridized carbons (Fsp3) is 0.400. The lowest BCUT2D eigenvalue weighted by atomic mass is 10.1. The normalized spacial score (nSPS) is 11.3. The van der Waals surface area contributed by atoms with Crippen molar-refractivity contribution in [3.05, 3.63) is 21.8 Å². The minimum absolute atomic E-state index is 0.255. The van der Waals surface area contributed by atoms with Crippen LogP contribution in [0, 0.1) is 9.39 Å². The quantitative estimate of drug-likeness (QED) is 0.801. The highest BCUT2D eigenvalue weighted by Crippen LogP contribution is 2.29. The van der Waals surface area contributed by atoms with Crippen LogP contribution in [0.2, 0.25) is 0 Å². The van der Waals surface area contributed by atoms with Crippen LogP contribution in [-0.2, 0) is 0 Å². The fourth-order valence-corrected chi connectivity index (χ4v) is 1.84. The highest BCUT2D eigenvalue weighted by Gasteiger charge is 2.30. The summed E-state index contributed by atoms with van der Waals surface area (Å²) >= 11 is 1.77. The van der Waals surface area contributed by atoms with Crippen molar-refractivity contribution in [1.82, 2.24) is 4.98 Å². The lowest BCUT2D eigenvalue weighted by Crippen LogP contribution is -2.45. The van der Waals surface area contributed by atoms with Gasteiger partial charge in [-0.3, -0.25) is 9.88 Å². The summed E-state index contributed by atoms with van der Waals surface area (Å²) in [7, 11) is 0. The summed E-state index contributed by atoms with van der Waals surface area (Å²) < 4.78 is 13.6. The first-order valence-electron chi connectivity index (χ1n) is 4.57. The Balaban J connectivity index is 3.33. The summed E-state index contributed by atoms with van der Waals surface area (Å²) in [6.07, 6.45) is 1.29. The number of carbonyl (C=O) groups is 1. The van der Waals surface area contributed by atoms with Gasteiger partial charge < -0.3 is 5.11 Å². The summed E-state index contributed by atoms with van der Waals surface area (Å²) in [6, 6.07) is 0. The minimum atomic E-state index is -1.13. The summed E-state index contributed by atoms with van der Waals surface area (Å²) in [5.41, 5.74) is -0.387. The average molecular weight is 338 g/mol. The number of pyridine rings is 1. The van der Waals surface area contributed by atoms with Crippen LogP contribution in [-0.4, -0.2) is 21.7 Å². The van der Waals surface area contributed by atoms with Crippen LogP contribution in [0.5, 0.6) is 0 Å². The van der Waals surface area contributed by atoms with E-state index in [1.54, 1.807) is 43.4 Å². The first-order chi connectivity index (χ1) is 7.25. The van der Waals surface area contributed by atoms with Crippen LogP contribution in [0.1, 0.15) is 20.8 Å². The average Bonchev–Trinajstić information content (AvgIpc) is 2.09. The molecule has 0 saturated heterocycles. The van der Waals surface area contributed by atoms with E-state index in [4.69, 9.17) is 5.11 Å². The number of aromatic nitrogens is 1. The van der Waals surface area contributed by atoms with E-state index < -0.39 is 17.4 Å². The van der Waals surface area contributed by atoms with Crippen molar-refractivity contribution < 1.29 is 14.3 Å². The Kier molecular flexibility index (Phi) is 3.72. The molecular weight excluding hydrogens is 326 g/mol. The van der Waals surface area contributed by atoms with Gasteiger partial charge in [0.25, 0.3) is 0 Å². The SMILES string of the molecule is CC(C)(C)N(C(=O)O)c1cncc(F)c1I. The first-order valence-corrected chi connectivity index (χ1v) is 5.65. The van der Waals surface area contributed by atoms with Gasteiger partial charge in [-0.2, -0.15) is 0 Å². The Labute approximate surface area is 107 Å². The second kappa shape index (κ2) is 4.52. The second-order valence-electron chi connectivity index (χ2n) is 4.24. The predicted molar refractivity (Wildman–Crippen MR) is 67.2 cm³/mol. The zero-order valence-electron chi connectivity index (χ0n) is 9.16. The van der Waals surface area contributed by atoms with Crippen molar-refractivity contribution in [3.8, 4) is 0 Å². The van der Waals surface area contributed by atoms with Gasteiger partial charge in [0.1, 0.15) is 0 Å². The van der Waals surface area contributed by atoms with E-state index in [0.717, 1.165) is 11.1 Å². The van der Waals surface area contributed by atoms with Crippen LogP contribution >= 0.6 is 22.6 Å². The van der Waals surface area contributed by atoms with E-state index in [-0.39, 0.29) is 9.26 Å². The second-order valence-corrected chi connectivity index (χ2v) is 5.32. The minimum Gasteiger partial charge on any atom is -0.465 e. The molecule has 0 radical (unpaired) electrons. The molecular formula is C10H12FIN2O2. The lowest BCUT2D eigenvalue weighted by molar-refractivity contribution is 0.195. The van der Waals surface area contributed by atoms with Gasteiger partial charge in [0.2, 0.25) is 0 Å². The third-order valence-corrected chi connectivity index (χ3v) is 2.99. The molecule has 4 nitrogen and oxygen atoms in total. The molecule has 16 heavy (non-hydrogen) atoms. The van der Waals surface area contributed by atoms with Crippen LogP contribution in [0.4, 0.5) is 14.9 Å². The van der Waals surface area contributed by atoms with Crippen molar-refractivity contribution in [2.45, 2.75) is 26.3 Å². The molecule has 0 spiro atoms. The molecule has 6 heteroatoms. The molecule has 1 aromatic rings. The highest BCUT2D eigenvalue weighted by atomic mass is 127. The predicted octanol–water partition coefficient (Wildman–Crippen LogP) is 3.11. The van der Waals surface area contributed by atoms with Gasteiger partial charge in [0.05, 0.1) is 21.7 Å². The van der Waals surface area contributed by atoms with Crippen LogP contribution in [0.3, 0.4) is 0 Å². The van der Waals surface area contributed by atoms with Gasteiger partial charge >= 0.3 is 6.09 Å². The number of rotatable bonds is 1. The topological polar surface area (TPSA) is 53.4 Å². The molecule has 0 fully saturated rings. The van der Waals surface area contributed by atoms with Crippen LogP contribution in [0.25, 0.3) is 0 Å². The zero-order chi connectivity index (χ0) is 12.5. The molecule has 0 aromatic carbocycles. The van der Waals surface area contributed by atoms with Crippen molar-refractivity contribution in [1.29, 1.82) is 0 Å². The molecule has 0 bridgehead atoms. The van der Waals surface area contributed by atoms with Crippen molar-refractivity contribution in [2.75, 3.05) is 4.90 Å². The standard InChI is InChI=1S/C10H12FIN2O2/c1-10(2,3)14(9(15)16)7-5-13-4-6(11)8(7)12/h4-5H,1-3H3,(H,15,16). The van der Waals surface area contributed by atoms with Gasteiger partial charge in [-0.15, -0.1) is 0 Å². The third-order valence-electron chi connectivity index (χ3n) is 1.92.